The number of carboxylic acid groups (broad SMARTS) is 1. The topological polar surface area (TPSA) is 67.5 Å². The van der Waals surface area contributed by atoms with Gasteiger partial charge in [-0.1, -0.05) is 19.1 Å². The van der Waals surface area contributed by atoms with Gasteiger partial charge in [0.1, 0.15) is 5.58 Å². The van der Waals surface area contributed by atoms with E-state index in [-0.39, 0.29) is 5.56 Å². The quantitative estimate of drug-likeness (QED) is 0.828. The standard InChI is InChI=1S/C15H14O4/c1-3-5-12-10(4-2)11-7-6-9(14(16)17)8-13(11)19-15(12)18/h4-8H,3H2,1-2H3,(H,16,17). The van der Waals surface area contributed by atoms with Crippen molar-refractivity contribution in [1.29, 1.82) is 0 Å². The Labute approximate surface area is 109 Å². The number of carboxylic acids is 1. The van der Waals surface area contributed by atoms with E-state index >= 15 is 0 Å². The highest BCUT2D eigenvalue weighted by molar-refractivity contribution is 5.92. The molecule has 19 heavy (non-hydrogen) atoms. The molecule has 0 atom stereocenters. The monoisotopic (exact) mass is 258 g/mol. The van der Waals surface area contributed by atoms with Gasteiger partial charge in [-0.2, -0.15) is 0 Å². The van der Waals surface area contributed by atoms with Gasteiger partial charge < -0.3 is 9.52 Å². The van der Waals surface area contributed by atoms with Crippen molar-refractivity contribution in [2.75, 3.05) is 0 Å². The van der Waals surface area contributed by atoms with Crippen LogP contribution in [0.25, 0.3) is 23.1 Å². The molecule has 0 aliphatic carbocycles. The Hall–Kier alpha value is -2.36. The second-order valence-electron chi connectivity index (χ2n) is 4.13. The average molecular weight is 258 g/mol. The predicted octanol–water partition coefficient (Wildman–Crippen LogP) is 1.48. The summed E-state index contributed by atoms with van der Waals surface area (Å²) in [4.78, 5) is 22.8. The molecule has 4 nitrogen and oxygen atoms in total. The first-order valence-corrected chi connectivity index (χ1v) is 6.05. The maximum Gasteiger partial charge on any atom is 0.343 e. The summed E-state index contributed by atoms with van der Waals surface area (Å²) in [5, 5.41) is 11.0. The number of benzene rings is 1. The Morgan fingerprint density at radius 1 is 1.37 bits per heavy atom. The van der Waals surface area contributed by atoms with Gasteiger partial charge in [0.05, 0.1) is 10.8 Å². The molecular weight excluding hydrogens is 244 g/mol. The summed E-state index contributed by atoms with van der Waals surface area (Å²) in [5.74, 6) is -1.05. The van der Waals surface area contributed by atoms with Gasteiger partial charge in [0.25, 0.3) is 0 Å². The van der Waals surface area contributed by atoms with Crippen molar-refractivity contribution in [3.63, 3.8) is 0 Å². The van der Waals surface area contributed by atoms with Crippen LogP contribution in [0.4, 0.5) is 0 Å². The van der Waals surface area contributed by atoms with Crippen LogP contribution in [-0.4, -0.2) is 11.1 Å². The third-order valence-electron chi connectivity index (χ3n) is 2.93. The fourth-order valence-electron chi connectivity index (χ4n) is 2.08. The number of rotatable bonds is 2. The fourth-order valence-corrected chi connectivity index (χ4v) is 2.08. The third kappa shape index (κ3) is 2.29. The lowest BCUT2D eigenvalue weighted by Crippen LogP contribution is -2.38. The summed E-state index contributed by atoms with van der Waals surface area (Å²) >= 11 is 0. The van der Waals surface area contributed by atoms with E-state index < -0.39 is 11.6 Å². The molecule has 2 rings (SSSR count). The highest BCUT2D eigenvalue weighted by Gasteiger charge is 2.08. The van der Waals surface area contributed by atoms with Gasteiger partial charge >= 0.3 is 11.6 Å². The maximum atomic E-state index is 11.9. The minimum Gasteiger partial charge on any atom is -0.478 e. The van der Waals surface area contributed by atoms with Gasteiger partial charge in [0, 0.05) is 5.39 Å². The third-order valence-corrected chi connectivity index (χ3v) is 2.93. The average Bonchev–Trinajstić information content (AvgIpc) is 2.39. The molecule has 98 valence electrons. The molecule has 0 amide bonds. The predicted molar refractivity (Wildman–Crippen MR) is 73.6 cm³/mol. The molecule has 1 heterocycles. The minimum atomic E-state index is -1.05. The van der Waals surface area contributed by atoms with E-state index in [1.165, 1.54) is 12.1 Å². The Morgan fingerprint density at radius 2 is 2.11 bits per heavy atom. The number of hydrogen-bond donors (Lipinski definition) is 1. The second kappa shape index (κ2) is 5.10. The molecule has 1 aromatic heterocycles. The van der Waals surface area contributed by atoms with Crippen molar-refractivity contribution >= 4 is 29.1 Å². The van der Waals surface area contributed by atoms with E-state index in [1.54, 1.807) is 6.07 Å². The Bertz CT molecular complexity index is 812. The minimum absolute atomic E-state index is 0.102. The van der Waals surface area contributed by atoms with E-state index in [0.717, 1.165) is 17.0 Å². The Balaban J connectivity index is 2.99. The Kier molecular flexibility index (Phi) is 3.51. The maximum absolute atomic E-state index is 11.9. The summed E-state index contributed by atoms with van der Waals surface area (Å²) in [6.45, 7) is 3.78. The van der Waals surface area contributed by atoms with Crippen LogP contribution >= 0.6 is 0 Å². The molecule has 0 unspecified atom stereocenters. The summed E-state index contributed by atoms with van der Waals surface area (Å²) in [6.07, 6.45) is 4.37. The SMILES string of the molecule is CC=c1c(=CCC)c(=O)oc2cc(C(=O)O)ccc12. The molecule has 0 aliphatic heterocycles. The molecule has 0 spiro atoms. The second-order valence-corrected chi connectivity index (χ2v) is 4.13. The molecular formula is C15H14O4. The van der Waals surface area contributed by atoms with Crippen LogP contribution in [0.3, 0.4) is 0 Å². The van der Waals surface area contributed by atoms with Gasteiger partial charge in [0.15, 0.2) is 0 Å². The van der Waals surface area contributed by atoms with Crippen LogP contribution in [-0.2, 0) is 0 Å². The largest absolute Gasteiger partial charge is 0.478 e. The summed E-state index contributed by atoms with van der Waals surface area (Å²) < 4.78 is 5.21. The van der Waals surface area contributed by atoms with Crippen LogP contribution in [0, 0.1) is 0 Å². The van der Waals surface area contributed by atoms with Crippen LogP contribution in [0.2, 0.25) is 0 Å². The number of aromatic carboxylic acids is 1. The van der Waals surface area contributed by atoms with E-state index in [1.807, 2.05) is 26.0 Å². The van der Waals surface area contributed by atoms with Gasteiger partial charge in [-0.15, -0.1) is 0 Å². The molecule has 0 saturated heterocycles. The van der Waals surface area contributed by atoms with E-state index in [9.17, 15) is 9.59 Å². The highest BCUT2D eigenvalue weighted by atomic mass is 16.4. The first kappa shape index (κ1) is 13.1. The fraction of sp³-hybridized carbons (Fsp3) is 0.200. The number of carbonyl (C=O) groups is 1. The van der Waals surface area contributed by atoms with Crippen molar-refractivity contribution in [3.05, 3.63) is 44.6 Å². The van der Waals surface area contributed by atoms with Gasteiger partial charge in [0.2, 0.25) is 0 Å². The molecule has 4 heteroatoms. The van der Waals surface area contributed by atoms with Crippen LogP contribution in [0.5, 0.6) is 0 Å². The van der Waals surface area contributed by atoms with Crippen molar-refractivity contribution in [3.8, 4) is 0 Å². The molecule has 2 aromatic rings. The summed E-state index contributed by atoms with van der Waals surface area (Å²) in [5.41, 5.74) is -0.0406. The van der Waals surface area contributed by atoms with E-state index in [4.69, 9.17) is 9.52 Å². The molecule has 0 aliphatic rings. The lowest BCUT2D eigenvalue weighted by Gasteiger charge is -2.00. The van der Waals surface area contributed by atoms with Crippen LogP contribution < -0.4 is 16.1 Å². The summed E-state index contributed by atoms with van der Waals surface area (Å²) in [7, 11) is 0. The molecule has 1 N–H and O–H groups in total. The summed E-state index contributed by atoms with van der Waals surface area (Å²) in [6, 6.07) is 4.55. The number of fused-ring (bicyclic) bond motifs is 1. The lowest BCUT2D eigenvalue weighted by molar-refractivity contribution is 0.0697. The van der Waals surface area contributed by atoms with Gasteiger partial charge in [-0.25, -0.2) is 9.59 Å². The van der Waals surface area contributed by atoms with E-state index in [2.05, 4.69) is 0 Å². The van der Waals surface area contributed by atoms with Crippen molar-refractivity contribution < 1.29 is 14.3 Å². The smallest absolute Gasteiger partial charge is 0.343 e. The zero-order valence-electron chi connectivity index (χ0n) is 10.8. The first-order chi connectivity index (χ1) is 9.08. The van der Waals surface area contributed by atoms with Crippen molar-refractivity contribution in [2.45, 2.75) is 20.3 Å². The molecule has 0 fully saturated rings. The number of hydrogen-bond acceptors (Lipinski definition) is 3. The molecule has 1 aromatic carbocycles. The van der Waals surface area contributed by atoms with Gasteiger partial charge in [-0.3, -0.25) is 0 Å². The van der Waals surface area contributed by atoms with Gasteiger partial charge in [-0.05, 0) is 36.8 Å². The van der Waals surface area contributed by atoms with Crippen molar-refractivity contribution in [1.82, 2.24) is 0 Å². The normalized spacial score (nSPS) is 13.2. The van der Waals surface area contributed by atoms with Crippen LogP contribution in [0.1, 0.15) is 30.6 Å². The zero-order valence-corrected chi connectivity index (χ0v) is 10.8. The Morgan fingerprint density at radius 3 is 2.68 bits per heavy atom. The first-order valence-electron chi connectivity index (χ1n) is 6.05. The van der Waals surface area contributed by atoms with Crippen molar-refractivity contribution in [2.24, 2.45) is 0 Å². The molecule has 0 saturated carbocycles. The molecule has 0 radical (unpaired) electrons. The zero-order chi connectivity index (χ0) is 14.0. The van der Waals surface area contributed by atoms with E-state index in [0.29, 0.717) is 10.8 Å². The highest BCUT2D eigenvalue weighted by Crippen LogP contribution is 2.10. The molecule has 0 bridgehead atoms. The lowest BCUT2D eigenvalue weighted by atomic mass is 10.1. The van der Waals surface area contributed by atoms with Crippen LogP contribution in [0.15, 0.2) is 27.4 Å².